The number of ether oxygens (including phenoxy) is 3. The summed E-state index contributed by atoms with van der Waals surface area (Å²) in [5.74, 6) is -0.896. The van der Waals surface area contributed by atoms with Gasteiger partial charge in [0.25, 0.3) is 5.91 Å². The highest BCUT2D eigenvalue weighted by atomic mass is 16.7. The van der Waals surface area contributed by atoms with E-state index >= 15 is 0 Å². The molecule has 3 N–H and O–H groups in total. The van der Waals surface area contributed by atoms with Crippen LogP contribution in [0.25, 0.3) is 0 Å². The fraction of sp³-hybridized carbons (Fsp3) is 0.649. The second-order valence-corrected chi connectivity index (χ2v) is 15.7. The summed E-state index contributed by atoms with van der Waals surface area (Å²) in [6.07, 6.45) is 2.87. The Kier molecular flexibility index (Phi) is 11.5. The number of Topliss-reactive ketones (excluding diaryl/α,β-unsaturated/α-hetero) is 1. The third-order valence-electron chi connectivity index (χ3n) is 9.05. The Morgan fingerprint density at radius 3 is 2.28 bits per heavy atom. The molecule has 50 heavy (non-hydrogen) atoms. The molecule has 3 aliphatic rings. The summed E-state index contributed by atoms with van der Waals surface area (Å²) < 4.78 is 17.1. The summed E-state index contributed by atoms with van der Waals surface area (Å²) in [5, 5.41) is 13.2. The first-order valence-corrected chi connectivity index (χ1v) is 17.4. The van der Waals surface area contributed by atoms with E-state index in [9.17, 15) is 19.2 Å². The molecule has 0 aromatic heterocycles. The van der Waals surface area contributed by atoms with Gasteiger partial charge in [-0.25, -0.2) is 0 Å². The summed E-state index contributed by atoms with van der Waals surface area (Å²) in [6.45, 7) is 19.2. The number of amides is 3. The van der Waals surface area contributed by atoms with Gasteiger partial charge in [0.1, 0.15) is 29.2 Å². The van der Waals surface area contributed by atoms with E-state index in [2.05, 4.69) is 27.7 Å². The van der Waals surface area contributed by atoms with Gasteiger partial charge in [0.15, 0.2) is 11.5 Å². The predicted octanol–water partition coefficient (Wildman–Crippen LogP) is 3.90. The van der Waals surface area contributed by atoms with Gasteiger partial charge in [-0.3, -0.25) is 19.2 Å². The van der Waals surface area contributed by atoms with Crippen LogP contribution in [0.1, 0.15) is 98.1 Å². The number of aryl methyl sites for hydroxylation is 1. The van der Waals surface area contributed by atoms with Crippen LogP contribution in [0.5, 0.6) is 11.5 Å². The summed E-state index contributed by atoms with van der Waals surface area (Å²) in [7, 11) is 3.15. The molecule has 1 spiro atoms. The van der Waals surface area contributed by atoms with Crippen molar-refractivity contribution in [1.29, 1.82) is 0 Å². The zero-order chi connectivity index (χ0) is 37.2. The van der Waals surface area contributed by atoms with E-state index in [-0.39, 0.29) is 43.6 Å². The summed E-state index contributed by atoms with van der Waals surface area (Å²) >= 11 is 0. The Morgan fingerprint density at radius 2 is 1.72 bits per heavy atom. The van der Waals surface area contributed by atoms with Crippen LogP contribution >= 0.6 is 0 Å². The number of carbonyl (C=O) groups is 4. The van der Waals surface area contributed by atoms with Crippen LogP contribution in [0.3, 0.4) is 0 Å². The standard InChI is InChI=1S/C37H55N5O8/c1-12-13-25(30(43)33(45)39-23-14-15-23)40-32(44)27-19-37(18-26(41-50-37)24-16-21(2)28(47-10)17-29(24)48-11)20-42(27)34(46)31(35(4,5)6)38-22(3)49-36(7,8)9/h16-17,23,25,27,31,38H,3,12-15,18-20H2,1-2,4-11H3,(H,39,45)(H,40,44)/t25-,27-,31+,37+/m0/s1. The van der Waals surface area contributed by atoms with Crippen LogP contribution in [-0.2, 0) is 28.8 Å². The van der Waals surface area contributed by atoms with Gasteiger partial charge >= 0.3 is 0 Å². The molecular formula is C37H55N5O8. The molecule has 1 aliphatic carbocycles. The Hall–Kier alpha value is -4.29. The van der Waals surface area contributed by atoms with Crippen molar-refractivity contribution in [2.75, 3.05) is 20.8 Å². The maximum absolute atomic E-state index is 14.6. The van der Waals surface area contributed by atoms with Crippen LogP contribution in [0, 0.1) is 12.3 Å². The lowest BCUT2D eigenvalue weighted by Crippen LogP contribution is -2.58. The van der Waals surface area contributed by atoms with Crippen molar-refractivity contribution in [3.8, 4) is 11.5 Å². The maximum atomic E-state index is 14.6. The summed E-state index contributed by atoms with van der Waals surface area (Å²) in [5.41, 5.74) is -0.0363. The monoisotopic (exact) mass is 697 g/mol. The van der Waals surface area contributed by atoms with Crippen LogP contribution in [0.4, 0.5) is 0 Å². The molecule has 13 nitrogen and oxygen atoms in total. The lowest BCUT2D eigenvalue weighted by atomic mass is 9.85. The zero-order valence-electron chi connectivity index (χ0n) is 31.3. The zero-order valence-corrected chi connectivity index (χ0v) is 31.3. The molecule has 0 radical (unpaired) electrons. The molecule has 0 bridgehead atoms. The van der Waals surface area contributed by atoms with Gasteiger partial charge in [-0.2, -0.15) is 0 Å². The van der Waals surface area contributed by atoms with Crippen molar-refractivity contribution in [2.45, 2.75) is 129 Å². The number of ketones is 1. The fourth-order valence-electron chi connectivity index (χ4n) is 6.40. The molecule has 276 valence electrons. The van der Waals surface area contributed by atoms with Crippen LogP contribution in [0.15, 0.2) is 29.8 Å². The molecule has 0 unspecified atom stereocenters. The Balaban J connectivity index is 1.66. The van der Waals surface area contributed by atoms with E-state index in [1.165, 1.54) is 4.90 Å². The number of nitrogens with zero attached hydrogens (tertiary/aromatic N) is 2. The second kappa shape index (κ2) is 14.9. The predicted molar refractivity (Wildman–Crippen MR) is 189 cm³/mol. The minimum atomic E-state index is -1.04. The molecule has 3 amide bonds. The van der Waals surface area contributed by atoms with E-state index in [4.69, 9.17) is 19.0 Å². The summed E-state index contributed by atoms with van der Waals surface area (Å²) in [6, 6.07) is 0.779. The second-order valence-electron chi connectivity index (χ2n) is 15.7. The fourth-order valence-corrected chi connectivity index (χ4v) is 6.40. The van der Waals surface area contributed by atoms with Crippen LogP contribution in [0.2, 0.25) is 0 Å². The van der Waals surface area contributed by atoms with Gasteiger partial charge in [-0.1, -0.05) is 39.3 Å². The first-order chi connectivity index (χ1) is 23.3. The van der Waals surface area contributed by atoms with Crippen molar-refractivity contribution in [3.05, 3.63) is 35.7 Å². The molecule has 1 aromatic rings. The van der Waals surface area contributed by atoms with Gasteiger partial charge in [-0.15, -0.1) is 0 Å². The highest BCUT2D eigenvalue weighted by molar-refractivity contribution is 6.38. The molecule has 13 heteroatoms. The number of carbonyl (C=O) groups excluding carboxylic acids is 4. The molecule has 1 saturated carbocycles. The van der Waals surface area contributed by atoms with Gasteiger partial charge in [0, 0.05) is 30.5 Å². The van der Waals surface area contributed by atoms with E-state index in [0.29, 0.717) is 29.2 Å². The molecule has 4 rings (SSSR count). The van der Waals surface area contributed by atoms with Crippen molar-refractivity contribution < 1.29 is 38.2 Å². The number of rotatable bonds is 14. The first kappa shape index (κ1) is 38.5. The van der Waals surface area contributed by atoms with Gasteiger partial charge in [-0.05, 0) is 70.6 Å². The van der Waals surface area contributed by atoms with Crippen molar-refractivity contribution in [2.24, 2.45) is 10.6 Å². The molecule has 2 heterocycles. The number of benzene rings is 1. The number of hydrogen-bond donors (Lipinski definition) is 3. The quantitative estimate of drug-likeness (QED) is 0.194. The van der Waals surface area contributed by atoms with Crippen LogP contribution < -0.4 is 25.4 Å². The Labute approximate surface area is 295 Å². The molecule has 2 aliphatic heterocycles. The van der Waals surface area contributed by atoms with E-state index in [1.807, 2.05) is 61.5 Å². The normalized spacial score (nSPS) is 21.4. The largest absolute Gasteiger partial charge is 0.496 e. The molecule has 1 aromatic carbocycles. The number of hydrogen-bond acceptors (Lipinski definition) is 10. The van der Waals surface area contributed by atoms with Crippen molar-refractivity contribution in [1.82, 2.24) is 20.9 Å². The number of oxime groups is 1. The van der Waals surface area contributed by atoms with E-state index in [0.717, 1.165) is 18.4 Å². The van der Waals surface area contributed by atoms with Gasteiger partial charge in [0.05, 0.1) is 32.5 Å². The summed E-state index contributed by atoms with van der Waals surface area (Å²) in [4.78, 5) is 62.4. The highest BCUT2D eigenvalue weighted by Crippen LogP contribution is 2.42. The SMILES string of the molecule is C=C(N[C@H](C(=O)N1C[C@@]2(CC(c3cc(C)c(OC)cc3OC)=NO2)C[C@H]1C(=O)N[C@@H](CCC)C(=O)C(=O)NC1CC1)C(C)(C)C)OC(C)(C)C. The first-order valence-electron chi connectivity index (χ1n) is 17.4. The van der Waals surface area contributed by atoms with Crippen LogP contribution in [-0.4, -0.2) is 90.3 Å². The molecular weight excluding hydrogens is 642 g/mol. The van der Waals surface area contributed by atoms with Gasteiger partial charge in [0.2, 0.25) is 17.6 Å². The maximum Gasteiger partial charge on any atom is 0.289 e. The lowest BCUT2D eigenvalue weighted by Gasteiger charge is -2.37. The molecule has 2 fully saturated rings. The smallest absolute Gasteiger partial charge is 0.289 e. The average molecular weight is 698 g/mol. The Morgan fingerprint density at radius 1 is 1.06 bits per heavy atom. The number of methoxy groups -OCH3 is 2. The molecule has 1 saturated heterocycles. The van der Waals surface area contributed by atoms with Gasteiger partial charge < -0.3 is 39.9 Å². The topological polar surface area (TPSA) is 157 Å². The van der Waals surface area contributed by atoms with E-state index in [1.54, 1.807) is 20.3 Å². The third-order valence-corrected chi connectivity index (χ3v) is 9.05. The molecule has 4 atom stereocenters. The van der Waals surface area contributed by atoms with E-state index < -0.39 is 52.3 Å². The highest BCUT2D eigenvalue weighted by Gasteiger charge is 2.56. The van der Waals surface area contributed by atoms with Crippen molar-refractivity contribution in [3.63, 3.8) is 0 Å². The average Bonchev–Trinajstić information content (AvgIpc) is 3.62. The Bertz CT molecular complexity index is 1520. The number of likely N-dealkylation sites (tertiary alicyclic amines) is 1. The number of nitrogens with one attached hydrogen (secondary N) is 3. The minimum absolute atomic E-state index is 0.00657. The lowest BCUT2D eigenvalue weighted by molar-refractivity contribution is -0.144. The third kappa shape index (κ3) is 9.08. The van der Waals surface area contributed by atoms with Crippen molar-refractivity contribution >= 4 is 29.2 Å². The minimum Gasteiger partial charge on any atom is -0.496 e.